The quantitative estimate of drug-likeness (QED) is 0.513. The van der Waals surface area contributed by atoms with E-state index in [0.29, 0.717) is 12.4 Å². The molecule has 1 amide bonds. The van der Waals surface area contributed by atoms with Crippen LogP contribution in [-0.2, 0) is 6.54 Å². The highest BCUT2D eigenvalue weighted by atomic mass is 32.1. The molecule has 7 heteroatoms. The van der Waals surface area contributed by atoms with Crippen molar-refractivity contribution in [3.63, 3.8) is 0 Å². The molecular formula is C19H19N5OS. The number of amides is 1. The third kappa shape index (κ3) is 3.13. The summed E-state index contributed by atoms with van der Waals surface area (Å²) in [6.07, 6.45) is 3.65. The number of hydrogen-bond acceptors (Lipinski definition) is 5. The maximum absolute atomic E-state index is 11.9. The summed E-state index contributed by atoms with van der Waals surface area (Å²) in [5, 5.41) is 5.92. The number of anilines is 1. The molecule has 0 aliphatic rings. The second-order valence-electron chi connectivity index (χ2n) is 6.09. The topological polar surface area (TPSA) is 85.8 Å². The van der Waals surface area contributed by atoms with Gasteiger partial charge in [-0.1, -0.05) is 24.3 Å². The average molecular weight is 365 g/mol. The summed E-state index contributed by atoms with van der Waals surface area (Å²) in [4.78, 5) is 21.5. The number of nitrogens with two attached hydrogens (primary N) is 1. The van der Waals surface area contributed by atoms with Crippen molar-refractivity contribution < 1.29 is 4.79 Å². The van der Waals surface area contributed by atoms with Gasteiger partial charge in [0.2, 0.25) is 0 Å². The summed E-state index contributed by atoms with van der Waals surface area (Å²) in [5.74, 6) is 0.457. The molecule has 3 N–H and O–H groups in total. The Bertz CT molecular complexity index is 1050. The molecule has 1 aromatic carbocycles. The van der Waals surface area contributed by atoms with Crippen LogP contribution in [0.3, 0.4) is 0 Å². The Morgan fingerprint density at radius 3 is 2.92 bits per heavy atom. The van der Waals surface area contributed by atoms with E-state index in [2.05, 4.69) is 19.9 Å². The van der Waals surface area contributed by atoms with Gasteiger partial charge in [-0.3, -0.25) is 4.79 Å². The number of pyridine rings is 1. The summed E-state index contributed by atoms with van der Waals surface area (Å²) in [6.45, 7) is 1.48. The van der Waals surface area contributed by atoms with Crippen LogP contribution >= 0.6 is 11.3 Å². The van der Waals surface area contributed by atoms with E-state index in [0.717, 1.165) is 46.2 Å². The number of hydrogen-bond donors (Lipinski definition) is 2. The number of nitrogens with zero attached hydrogens (tertiary/aromatic N) is 3. The summed E-state index contributed by atoms with van der Waals surface area (Å²) in [5.41, 5.74) is 8.70. The predicted octanol–water partition coefficient (Wildman–Crippen LogP) is 3.44. The summed E-state index contributed by atoms with van der Waals surface area (Å²) in [7, 11) is 0. The maximum atomic E-state index is 11.9. The minimum Gasteiger partial charge on any atom is -0.382 e. The molecule has 4 aromatic rings. The Balaban J connectivity index is 1.42. The SMILES string of the molecule is Nc1nc2ccccc2c2c1ncn2CCCCNC(=O)c1cccs1. The molecule has 0 bridgehead atoms. The van der Waals surface area contributed by atoms with E-state index in [9.17, 15) is 4.79 Å². The van der Waals surface area contributed by atoms with Crippen molar-refractivity contribution in [1.82, 2.24) is 19.9 Å². The molecule has 3 heterocycles. The van der Waals surface area contributed by atoms with Gasteiger partial charge in [0.15, 0.2) is 5.82 Å². The lowest BCUT2D eigenvalue weighted by molar-refractivity contribution is 0.0957. The number of carbonyl (C=O) groups is 1. The molecule has 4 rings (SSSR count). The number of carbonyl (C=O) groups excluding carboxylic acids is 1. The van der Waals surface area contributed by atoms with Crippen molar-refractivity contribution in [3.8, 4) is 0 Å². The second kappa shape index (κ2) is 7.13. The number of unbranched alkanes of at least 4 members (excludes halogenated alkanes) is 1. The van der Waals surface area contributed by atoms with Crippen LogP contribution in [0.4, 0.5) is 5.82 Å². The van der Waals surface area contributed by atoms with E-state index in [4.69, 9.17) is 5.73 Å². The van der Waals surface area contributed by atoms with Gasteiger partial charge in [-0.2, -0.15) is 0 Å². The van der Waals surface area contributed by atoms with Crippen LogP contribution in [0.2, 0.25) is 0 Å². The molecule has 6 nitrogen and oxygen atoms in total. The first-order chi connectivity index (χ1) is 12.7. The Morgan fingerprint density at radius 1 is 1.19 bits per heavy atom. The van der Waals surface area contributed by atoms with Gasteiger partial charge in [-0.15, -0.1) is 11.3 Å². The summed E-state index contributed by atoms with van der Waals surface area (Å²) in [6, 6.07) is 11.7. The van der Waals surface area contributed by atoms with Crippen LogP contribution in [0.25, 0.3) is 21.9 Å². The number of benzene rings is 1. The third-order valence-electron chi connectivity index (χ3n) is 4.34. The lowest BCUT2D eigenvalue weighted by Gasteiger charge is -2.08. The van der Waals surface area contributed by atoms with Gasteiger partial charge >= 0.3 is 0 Å². The highest BCUT2D eigenvalue weighted by Gasteiger charge is 2.12. The largest absolute Gasteiger partial charge is 0.382 e. The molecule has 0 unspecified atom stereocenters. The molecule has 0 aliphatic carbocycles. The fourth-order valence-corrected chi connectivity index (χ4v) is 3.72. The normalized spacial score (nSPS) is 11.2. The fourth-order valence-electron chi connectivity index (χ4n) is 3.08. The van der Waals surface area contributed by atoms with Crippen molar-refractivity contribution in [3.05, 3.63) is 53.0 Å². The number of thiophene rings is 1. The summed E-state index contributed by atoms with van der Waals surface area (Å²) < 4.78 is 2.12. The summed E-state index contributed by atoms with van der Waals surface area (Å²) >= 11 is 1.45. The third-order valence-corrected chi connectivity index (χ3v) is 5.21. The van der Waals surface area contributed by atoms with Crippen LogP contribution in [-0.4, -0.2) is 27.0 Å². The number of aryl methyl sites for hydroxylation is 1. The molecule has 0 saturated carbocycles. The van der Waals surface area contributed by atoms with Gasteiger partial charge in [0, 0.05) is 18.5 Å². The predicted molar refractivity (Wildman–Crippen MR) is 105 cm³/mol. The lowest BCUT2D eigenvalue weighted by atomic mass is 10.2. The number of imidazole rings is 1. The zero-order valence-corrected chi connectivity index (χ0v) is 15.0. The number of nitrogen functional groups attached to an aromatic ring is 1. The van der Waals surface area contributed by atoms with Gasteiger partial charge in [0.05, 0.1) is 22.2 Å². The van der Waals surface area contributed by atoms with Crippen LogP contribution in [0.15, 0.2) is 48.1 Å². The number of aromatic nitrogens is 3. The van der Waals surface area contributed by atoms with Crippen molar-refractivity contribution >= 4 is 45.0 Å². The molecule has 26 heavy (non-hydrogen) atoms. The van der Waals surface area contributed by atoms with E-state index in [1.165, 1.54) is 11.3 Å². The highest BCUT2D eigenvalue weighted by molar-refractivity contribution is 7.12. The molecule has 0 atom stereocenters. The minimum atomic E-state index is -0.00192. The van der Waals surface area contributed by atoms with E-state index in [1.807, 2.05) is 48.1 Å². The van der Waals surface area contributed by atoms with Gasteiger partial charge in [-0.25, -0.2) is 9.97 Å². The van der Waals surface area contributed by atoms with E-state index in [-0.39, 0.29) is 5.91 Å². The number of nitrogens with one attached hydrogen (secondary N) is 1. The van der Waals surface area contributed by atoms with Crippen LogP contribution in [0.5, 0.6) is 0 Å². The molecule has 0 saturated heterocycles. The molecule has 0 spiro atoms. The minimum absolute atomic E-state index is 0.00192. The molecule has 0 fully saturated rings. The van der Waals surface area contributed by atoms with Crippen LogP contribution in [0, 0.1) is 0 Å². The van der Waals surface area contributed by atoms with Gasteiger partial charge in [0.25, 0.3) is 5.91 Å². The Labute approximate surface area is 154 Å². The zero-order chi connectivity index (χ0) is 17.9. The first kappa shape index (κ1) is 16.5. The maximum Gasteiger partial charge on any atom is 0.261 e. The van der Waals surface area contributed by atoms with Crippen molar-refractivity contribution in [2.24, 2.45) is 0 Å². The van der Waals surface area contributed by atoms with Crippen LogP contribution in [0.1, 0.15) is 22.5 Å². The van der Waals surface area contributed by atoms with E-state index >= 15 is 0 Å². The van der Waals surface area contributed by atoms with Crippen molar-refractivity contribution in [1.29, 1.82) is 0 Å². The first-order valence-electron chi connectivity index (χ1n) is 8.55. The van der Waals surface area contributed by atoms with Crippen molar-refractivity contribution in [2.45, 2.75) is 19.4 Å². The standard InChI is InChI=1S/C19H19N5OS/c20-18-16-17(13-6-1-2-7-14(13)23-18)24(12-22-16)10-4-3-9-21-19(25)15-8-5-11-26-15/h1-2,5-8,11-12H,3-4,9-10H2,(H2,20,23)(H,21,25). The molecule has 0 aliphatic heterocycles. The zero-order valence-electron chi connectivity index (χ0n) is 14.2. The van der Waals surface area contributed by atoms with E-state index < -0.39 is 0 Å². The fraction of sp³-hybridized carbons (Fsp3) is 0.211. The van der Waals surface area contributed by atoms with E-state index in [1.54, 1.807) is 0 Å². The molecular weight excluding hydrogens is 346 g/mol. The van der Waals surface area contributed by atoms with Gasteiger partial charge in [-0.05, 0) is 30.4 Å². The van der Waals surface area contributed by atoms with Crippen molar-refractivity contribution in [2.75, 3.05) is 12.3 Å². The first-order valence-corrected chi connectivity index (χ1v) is 9.43. The van der Waals surface area contributed by atoms with Gasteiger partial charge < -0.3 is 15.6 Å². The molecule has 0 radical (unpaired) electrons. The van der Waals surface area contributed by atoms with Gasteiger partial charge in [0.1, 0.15) is 5.52 Å². The Kier molecular flexibility index (Phi) is 4.53. The molecule has 132 valence electrons. The second-order valence-corrected chi connectivity index (χ2v) is 7.04. The number of fused-ring (bicyclic) bond motifs is 3. The Morgan fingerprint density at radius 2 is 2.08 bits per heavy atom. The van der Waals surface area contributed by atoms with Crippen LogP contribution < -0.4 is 11.1 Å². The number of rotatable bonds is 6. The number of para-hydroxylation sites is 1. The highest BCUT2D eigenvalue weighted by Crippen LogP contribution is 2.27. The Hall–Kier alpha value is -2.93. The average Bonchev–Trinajstić information content (AvgIpc) is 3.32. The lowest BCUT2D eigenvalue weighted by Crippen LogP contribution is -2.23. The molecule has 3 aromatic heterocycles. The monoisotopic (exact) mass is 365 g/mol. The smallest absolute Gasteiger partial charge is 0.261 e.